The number of pyridine rings is 2. The number of aromatic nitrogens is 4. The van der Waals surface area contributed by atoms with Crippen molar-refractivity contribution in [1.29, 1.82) is 0 Å². The predicted molar refractivity (Wildman–Crippen MR) is 210 cm³/mol. The minimum atomic E-state index is 0.685. The lowest BCUT2D eigenvalue weighted by Crippen LogP contribution is -1.96. The second kappa shape index (κ2) is 12.9. The number of aryl methyl sites for hydroxylation is 1. The van der Waals surface area contributed by atoms with Crippen LogP contribution in [0.25, 0.3) is 89.2 Å². The van der Waals surface area contributed by atoms with Gasteiger partial charge in [0.15, 0.2) is 5.82 Å². The maximum absolute atomic E-state index is 5.21. The molecule has 0 N–H and O–H groups in total. The summed E-state index contributed by atoms with van der Waals surface area (Å²) in [7, 11) is 0. The zero-order chi connectivity index (χ0) is 34.1. The van der Waals surface area contributed by atoms with Crippen LogP contribution in [0.1, 0.15) is 5.69 Å². The molecule has 6 aromatic carbocycles. The number of hydrogen-bond acceptors (Lipinski definition) is 4. The first-order valence-electron chi connectivity index (χ1n) is 17.1. The summed E-state index contributed by atoms with van der Waals surface area (Å²) >= 11 is 0. The topological polar surface area (TPSA) is 51.6 Å². The molecule has 0 aliphatic heterocycles. The molecule has 0 unspecified atom stereocenters. The summed E-state index contributed by atoms with van der Waals surface area (Å²) in [5.74, 6) is 0.685. The summed E-state index contributed by atoms with van der Waals surface area (Å²) in [6, 6.07) is 61.0. The highest BCUT2D eigenvalue weighted by molar-refractivity contribution is 6.09. The summed E-state index contributed by atoms with van der Waals surface area (Å²) < 4.78 is 0. The lowest BCUT2D eigenvalue weighted by molar-refractivity contribution is 1.18. The molecule has 9 aromatic rings. The third-order valence-electron chi connectivity index (χ3n) is 9.36. The summed E-state index contributed by atoms with van der Waals surface area (Å²) in [6.07, 6.45) is 0. The van der Waals surface area contributed by atoms with E-state index in [1.807, 2.05) is 37.3 Å². The molecule has 0 atom stereocenters. The van der Waals surface area contributed by atoms with Gasteiger partial charge >= 0.3 is 0 Å². The van der Waals surface area contributed by atoms with Gasteiger partial charge in [-0.15, -0.1) is 0 Å². The SMILES string of the molecule is Cc1ccc2ccc3c(-c4cccc(-c5cc(-c6ccccc6)nc(-c6ccc(-c7ccccc7)cc6)n5)c4)cc(-c4ccccc4)nc3c2n1. The Morgan fingerprint density at radius 2 is 0.863 bits per heavy atom. The van der Waals surface area contributed by atoms with Gasteiger partial charge in [0.25, 0.3) is 0 Å². The molecular weight excluding hydrogens is 621 g/mol. The molecule has 0 aliphatic rings. The summed E-state index contributed by atoms with van der Waals surface area (Å²) in [5.41, 5.74) is 14.0. The molecule has 9 rings (SSSR count). The molecule has 4 heteroatoms. The first kappa shape index (κ1) is 30.3. The number of rotatable bonds is 6. The molecule has 0 saturated heterocycles. The van der Waals surface area contributed by atoms with Gasteiger partial charge in [-0.2, -0.15) is 0 Å². The van der Waals surface area contributed by atoms with Gasteiger partial charge in [0.2, 0.25) is 0 Å². The zero-order valence-electron chi connectivity index (χ0n) is 28.0. The molecule has 0 fully saturated rings. The van der Waals surface area contributed by atoms with Crippen LogP contribution in [0.3, 0.4) is 0 Å². The van der Waals surface area contributed by atoms with Crippen molar-refractivity contribution < 1.29 is 0 Å². The maximum atomic E-state index is 5.21. The highest BCUT2D eigenvalue weighted by Gasteiger charge is 2.16. The molecule has 0 bridgehead atoms. The van der Waals surface area contributed by atoms with E-state index in [0.717, 1.165) is 83.5 Å². The predicted octanol–water partition coefficient (Wildman–Crippen LogP) is 11.9. The lowest BCUT2D eigenvalue weighted by Gasteiger charge is -2.14. The molecule has 0 spiro atoms. The third kappa shape index (κ3) is 5.94. The average Bonchev–Trinajstić information content (AvgIpc) is 3.21. The van der Waals surface area contributed by atoms with Crippen LogP contribution < -0.4 is 0 Å². The van der Waals surface area contributed by atoms with Crippen molar-refractivity contribution in [2.75, 3.05) is 0 Å². The molecule has 0 aliphatic carbocycles. The Kier molecular flexibility index (Phi) is 7.67. The number of nitrogens with zero attached hydrogens (tertiary/aromatic N) is 4. The second-order valence-electron chi connectivity index (χ2n) is 12.8. The third-order valence-corrected chi connectivity index (χ3v) is 9.36. The van der Waals surface area contributed by atoms with Crippen LogP contribution in [-0.2, 0) is 0 Å². The standard InChI is InChI=1S/C47H32N4/c1-31-20-21-36-26-27-40-41(29-42(34-14-7-3-8-15-34)49-46(40)45(36)48-31)38-18-11-19-39(28-38)44-30-43(35-16-9-4-10-17-35)50-47(51-44)37-24-22-33(23-25-37)32-12-5-2-6-13-32/h2-30H,1H3. The van der Waals surface area contributed by atoms with E-state index in [1.54, 1.807) is 0 Å². The fourth-order valence-electron chi connectivity index (χ4n) is 6.73. The van der Waals surface area contributed by atoms with Gasteiger partial charge in [-0.3, -0.25) is 4.98 Å². The van der Waals surface area contributed by atoms with Crippen LogP contribution >= 0.6 is 0 Å². The maximum Gasteiger partial charge on any atom is 0.160 e. The Hall–Kier alpha value is -6.78. The van der Waals surface area contributed by atoms with Gasteiger partial charge in [0.1, 0.15) is 0 Å². The van der Waals surface area contributed by atoms with Crippen LogP contribution in [0.5, 0.6) is 0 Å². The molecule has 0 radical (unpaired) electrons. The lowest BCUT2D eigenvalue weighted by atomic mass is 9.95. The minimum Gasteiger partial charge on any atom is -0.251 e. The van der Waals surface area contributed by atoms with Crippen molar-refractivity contribution >= 4 is 21.8 Å². The highest BCUT2D eigenvalue weighted by atomic mass is 14.9. The van der Waals surface area contributed by atoms with Crippen LogP contribution in [0.4, 0.5) is 0 Å². The van der Waals surface area contributed by atoms with Crippen molar-refractivity contribution in [3.63, 3.8) is 0 Å². The summed E-state index contributed by atoms with van der Waals surface area (Å²) in [5, 5.41) is 2.13. The fraction of sp³-hybridized carbons (Fsp3) is 0.0213. The molecule has 0 saturated carbocycles. The van der Waals surface area contributed by atoms with Crippen molar-refractivity contribution in [2.24, 2.45) is 0 Å². The largest absolute Gasteiger partial charge is 0.251 e. The van der Waals surface area contributed by atoms with Crippen LogP contribution in [0, 0.1) is 6.92 Å². The summed E-state index contributed by atoms with van der Waals surface area (Å²) in [4.78, 5) is 20.4. The van der Waals surface area contributed by atoms with Gasteiger partial charge < -0.3 is 0 Å². The first-order valence-corrected chi connectivity index (χ1v) is 17.1. The Morgan fingerprint density at radius 3 is 1.55 bits per heavy atom. The van der Waals surface area contributed by atoms with Crippen LogP contribution in [0.2, 0.25) is 0 Å². The fourth-order valence-corrected chi connectivity index (χ4v) is 6.73. The highest BCUT2D eigenvalue weighted by Crippen LogP contribution is 2.37. The molecular formula is C47H32N4. The minimum absolute atomic E-state index is 0.685. The van der Waals surface area contributed by atoms with E-state index in [4.69, 9.17) is 19.9 Å². The Labute approximate surface area is 296 Å². The molecule has 51 heavy (non-hydrogen) atoms. The van der Waals surface area contributed by atoms with Gasteiger partial charge in [-0.25, -0.2) is 15.0 Å². The van der Waals surface area contributed by atoms with Crippen molar-refractivity contribution in [3.8, 4) is 67.4 Å². The monoisotopic (exact) mass is 652 g/mol. The van der Waals surface area contributed by atoms with Crippen LogP contribution in [-0.4, -0.2) is 19.9 Å². The van der Waals surface area contributed by atoms with E-state index < -0.39 is 0 Å². The van der Waals surface area contributed by atoms with Crippen molar-refractivity contribution in [3.05, 3.63) is 182 Å². The smallest absolute Gasteiger partial charge is 0.160 e. The average molecular weight is 653 g/mol. The second-order valence-corrected chi connectivity index (χ2v) is 12.8. The molecule has 3 aromatic heterocycles. The number of fused-ring (bicyclic) bond motifs is 3. The number of benzene rings is 6. The van der Waals surface area contributed by atoms with E-state index in [0.29, 0.717) is 5.82 Å². The van der Waals surface area contributed by atoms with E-state index >= 15 is 0 Å². The van der Waals surface area contributed by atoms with E-state index in [-0.39, 0.29) is 0 Å². The molecule has 3 heterocycles. The Balaban J connectivity index is 1.21. The quantitative estimate of drug-likeness (QED) is 0.168. The van der Waals surface area contributed by atoms with E-state index in [9.17, 15) is 0 Å². The molecule has 240 valence electrons. The summed E-state index contributed by atoms with van der Waals surface area (Å²) in [6.45, 7) is 2.03. The van der Waals surface area contributed by atoms with Crippen molar-refractivity contribution in [2.45, 2.75) is 6.92 Å². The van der Waals surface area contributed by atoms with Gasteiger partial charge in [-0.1, -0.05) is 152 Å². The number of hydrogen-bond donors (Lipinski definition) is 0. The first-order chi connectivity index (χ1) is 25.2. The molecule has 4 nitrogen and oxygen atoms in total. The van der Waals surface area contributed by atoms with Crippen molar-refractivity contribution in [1.82, 2.24) is 19.9 Å². The van der Waals surface area contributed by atoms with Gasteiger partial charge in [0, 0.05) is 38.7 Å². The Bertz CT molecular complexity index is 2670. The van der Waals surface area contributed by atoms with Gasteiger partial charge in [-0.05, 0) is 53.4 Å². The Morgan fingerprint density at radius 1 is 0.333 bits per heavy atom. The van der Waals surface area contributed by atoms with Crippen LogP contribution in [0.15, 0.2) is 176 Å². The van der Waals surface area contributed by atoms with Gasteiger partial charge in [0.05, 0.1) is 28.1 Å². The van der Waals surface area contributed by atoms with E-state index in [1.165, 1.54) is 5.56 Å². The zero-order valence-corrected chi connectivity index (χ0v) is 28.0. The molecule has 0 amide bonds. The van der Waals surface area contributed by atoms with E-state index in [2.05, 4.69) is 146 Å². The normalized spacial score (nSPS) is 11.2.